The van der Waals surface area contributed by atoms with Crippen LogP contribution < -0.4 is 4.90 Å². The second-order valence-electron chi connectivity index (χ2n) is 3.86. The first-order chi connectivity index (χ1) is 7.24. The number of rotatable bonds is 2. The molecule has 2 nitrogen and oxygen atoms in total. The van der Waals surface area contributed by atoms with E-state index in [9.17, 15) is 4.79 Å². The molecule has 0 radical (unpaired) electrons. The van der Waals surface area contributed by atoms with Gasteiger partial charge in [-0.2, -0.15) is 0 Å². The Kier molecular flexibility index (Phi) is 2.58. The lowest BCUT2D eigenvalue weighted by Crippen LogP contribution is -2.37. The van der Waals surface area contributed by atoms with Crippen molar-refractivity contribution in [2.45, 2.75) is 19.4 Å². The second kappa shape index (κ2) is 3.89. The molecule has 0 amide bonds. The molecular weight excluding hydrogens is 186 g/mol. The highest BCUT2D eigenvalue weighted by Crippen LogP contribution is 2.28. The van der Waals surface area contributed by atoms with Crippen molar-refractivity contribution in [2.24, 2.45) is 0 Å². The zero-order chi connectivity index (χ0) is 10.8. The first-order valence-corrected chi connectivity index (χ1v) is 5.25. The monoisotopic (exact) mass is 201 g/mol. The number of carbonyl (C=O) groups excluding carboxylic acids is 1. The van der Waals surface area contributed by atoms with Crippen LogP contribution in [0, 0.1) is 0 Å². The van der Waals surface area contributed by atoms with E-state index in [1.807, 2.05) is 30.3 Å². The summed E-state index contributed by atoms with van der Waals surface area (Å²) < 4.78 is 0. The molecule has 78 valence electrons. The van der Waals surface area contributed by atoms with E-state index in [4.69, 9.17) is 0 Å². The topological polar surface area (TPSA) is 20.3 Å². The van der Waals surface area contributed by atoms with Crippen LogP contribution in [0.1, 0.15) is 23.7 Å². The zero-order valence-electron chi connectivity index (χ0n) is 8.94. The largest absolute Gasteiger partial charge is 0.364 e. The molecular formula is C13H15NO. The zero-order valence-corrected chi connectivity index (χ0v) is 8.94. The van der Waals surface area contributed by atoms with Crippen molar-refractivity contribution in [1.29, 1.82) is 0 Å². The minimum Gasteiger partial charge on any atom is -0.364 e. The SMILES string of the molecule is C=CC(C)N1CCC(=O)c2ccccc21. The van der Waals surface area contributed by atoms with Gasteiger partial charge in [-0.25, -0.2) is 0 Å². The summed E-state index contributed by atoms with van der Waals surface area (Å²) in [5.74, 6) is 0.248. The lowest BCUT2D eigenvalue weighted by molar-refractivity contribution is 0.0979. The van der Waals surface area contributed by atoms with Crippen LogP contribution in [0.5, 0.6) is 0 Å². The van der Waals surface area contributed by atoms with Gasteiger partial charge in [0.15, 0.2) is 5.78 Å². The Balaban J connectivity index is 2.44. The third-order valence-corrected chi connectivity index (χ3v) is 2.93. The van der Waals surface area contributed by atoms with E-state index in [2.05, 4.69) is 18.4 Å². The molecule has 0 fully saturated rings. The Labute approximate surface area is 90.2 Å². The molecule has 2 rings (SSSR count). The molecule has 0 bridgehead atoms. The van der Waals surface area contributed by atoms with Gasteiger partial charge in [0, 0.05) is 30.3 Å². The molecule has 2 heteroatoms. The Hall–Kier alpha value is -1.57. The van der Waals surface area contributed by atoms with Crippen LogP contribution in [0.25, 0.3) is 0 Å². The van der Waals surface area contributed by atoms with Gasteiger partial charge >= 0.3 is 0 Å². The Morgan fingerprint density at radius 3 is 2.93 bits per heavy atom. The fourth-order valence-electron chi connectivity index (χ4n) is 1.99. The highest BCUT2D eigenvalue weighted by Gasteiger charge is 2.24. The molecule has 1 heterocycles. The highest BCUT2D eigenvalue weighted by atomic mass is 16.1. The summed E-state index contributed by atoms with van der Waals surface area (Å²) in [6.07, 6.45) is 2.52. The normalized spacial score (nSPS) is 17.1. The first-order valence-electron chi connectivity index (χ1n) is 5.25. The summed E-state index contributed by atoms with van der Waals surface area (Å²) in [5, 5.41) is 0. The van der Waals surface area contributed by atoms with Crippen molar-refractivity contribution >= 4 is 11.5 Å². The van der Waals surface area contributed by atoms with Gasteiger partial charge in [0.1, 0.15) is 0 Å². The van der Waals surface area contributed by atoms with Crippen molar-refractivity contribution < 1.29 is 4.79 Å². The summed E-state index contributed by atoms with van der Waals surface area (Å²) in [6.45, 7) is 6.69. The van der Waals surface area contributed by atoms with Gasteiger partial charge in [0.25, 0.3) is 0 Å². The van der Waals surface area contributed by atoms with Gasteiger partial charge in [-0.05, 0) is 19.1 Å². The number of carbonyl (C=O) groups is 1. The maximum absolute atomic E-state index is 11.7. The maximum Gasteiger partial charge on any atom is 0.166 e. The number of ketones is 1. The highest BCUT2D eigenvalue weighted by molar-refractivity contribution is 6.03. The number of benzene rings is 1. The fourth-order valence-corrected chi connectivity index (χ4v) is 1.99. The molecule has 1 unspecified atom stereocenters. The van der Waals surface area contributed by atoms with Gasteiger partial charge < -0.3 is 4.90 Å². The van der Waals surface area contributed by atoms with Gasteiger partial charge in [-0.1, -0.05) is 18.2 Å². The summed E-state index contributed by atoms with van der Waals surface area (Å²) >= 11 is 0. The van der Waals surface area contributed by atoms with Crippen molar-refractivity contribution in [3.8, 4) is 0 Å². The van der Waals surface area contributed by atoms with Crippen molar-refractivity contribution in [3.63, 3.8) is 0 Å². The number of nitrogens with zero attached hydrogens (tertiary/aromatic N) is 1. The number of Topliss-reactive ketones (excluding diaryl/α,β-unsaturated/α-hetero) is 1. The minimum absolute atomic E-state index is 0.248. The van der Waals surface area contributed by atoms with E-state index in [-0.39, 0.29) is 11.8 Å². The predicted molar refractivity (Wildman–Crippen MR) is 62.4 cm³/mol. The third-order valence-electron chi connectivity index (χ3n) is 2.93. The predicted octanol–water partition coefficient (Wildman–Crippen LogP) is 2.65. The van der Waals surface area contributed by atoms with Gasteiger partial charge in [0.2, 0.25) is 0 Å². The molecule has 1 aliphatic rings. The molecule has 1 atom stereocenters. The van der Waals surface area contributed by atoms with Crippen LogP contribution in [0.4, 0.5) is 5.69 Å². The Morgan fingerprint density at radius 1 is 1.47 bits per heavy atom. The first kappa shape index (κ1) is 9.97. The Bertz CT molecular complexity index is 397. The molecule has 1 aliphatic heterocycles. The van der Waals surface area contributed by atoms with Crippen LogP contribution in [0.15, 0.2) is 36.9 Å². The quantitative estimate of drug-likeness (QED) is 0.686. The third kappa shape index (κ3) is 1.67. The Morgan fingerprint density at radius 2 is 2.20 bits per heavy atom. The average molecular weight is 201 g/mol. The van der Waals surface area contributed by atoms with Gasteiger partial charge in [-0.15, -0.1) is 6.58 Å². The number of hydrogen-bond acceptors (Lipinski definition) is 2. The van der Waals surface area contributed by atoms with E-state index >= 15 is 0 Å². The summed E-state index contributed by atoms with van der Waals surface area (Å²) in [4.78, 5) is 13.9. The molecule has 1 aromatic rings. The smallest absolute Gasteiger partial charge is 0.166 e. The molecule has 1 aromatic carbocycles. The van der Waals surface area contributed by atoms with Crippen molar-refractivity contribution in [2.75, 3.05) is 11.4 Å². The average Bonchev–Trinajstić information content (AvgIpc) is 2.29. The van der Waals surface area contributed by atoms with E-state index in [1.165, 1.54) is 0 Å². The van der Waals surface area contributed by atoms with Gasteiger partial charge in [0.05, 0.1) is 0 Å². The molecule has 0 aromatic heterocycles. The summed E-state index contributed by atoms with van der Waals surface area (Å²) in [6, 6.07) is 8.07. The number of anilines is 1. The number of para-hydroxylation sites is 1. The minimum atomic E-state index is 0.248. The molecule has 0 N–H and O–H groups in total. The van der Waals surface area contributed by atoms with Crippen LogP contribution in [-0.2, 0) is 0 Å². The standard InChI is InChI=1S/C13H15NO/c1-3-10(2)14-9-8-13(15)11-6-4-5-7-12(11)14/h3-7,10H,1,8-9H2,2H3. The molecule has 0 aliphatic carbocycles. The number of hydrogen-bond donors (Lipinski definition) is 0. The lowest BCUT2D eigenvalue weighted by atomic mass is 9.99. The van der Waals surface area contributed by atoms with Gasteiger partial charge in [-0.3, -0.25) is 4.79 Å². The molecule has 0 saturated heterocycles. The van der Waals surface area contributed by atoms with E-state index in [0.29, 0.717) is 6.42 Å². The van der Waals surface area contributed by atoms with E-state index in [0.717, 1.165) is 17.8 Å². The van der Waals surface area contributed by atoms with Crippen molar-refractivity contribution in [1.82, 2.24) is 0 Å². The van der Waals surface area contributed by atoms with Crippen LogP contribution >= 0.6 is 0 Å². The maximum atomic E-state index is 11.7. The van der Waals surface area contributed by atoms with Crippen LogP contribution in [0.2, 0.25) is 0 Å². The summed E-state index contributed by atoms with van der Waals surface area (Å²) in [5.41, 5.74) is 1.89. The molecule has 15 heavy (non-hydrogen) atoms. The summed E-state index contributed by atoms with van der Waals surface area (Å²) in [7, 11) is 0. The van der Waals surface area contributed by atoms with Crippen molar-refractivity contribution in [3.05, 3.63) is 42.5 Å². The number of fused-ring (bicyclic) bond motifs is 1. The fraction of sp³-hybridized carbons (Fsp3) is 0.308. The lowest BCUT2D eigenvalue weighted by Gasteiger charge is -2.34. The molecule has 0 spiro atoms. The van der Waals surface area contributed by atoms with E-state index in [1.54, 1.807) is 0 Å². The second-order valence-corrected chi connectivity index (χ2v) is 3.86. The molecule has 0 saturated carbocycles. The van der Waals surface area contributed by atoms with Crippen LogP contribution in [-0.4, -0.2) is 18.4 Å². The van der Waals surface area contributed by atoms with Crippen LogP contribution in [0.3, 0.4) is 0 Å². The van der Waals surface area contributed by atoms with E-state index < -0.39 is 0 Å².